The standard InChI is InChI=1S/C14H14ClN3O2/c1-9-6-7-16-14(15)13(9)17-10(2)11-4-3-5-12(8-11)18(19)20/h3-8,10,17H,1-2H3. The summed E-state index contributed by atoms with van der Waals surface area (Å²) in [6.07, 6.45) is 1.64. The number of pyridine rings is 1. The van der Waals surface area contributed by atoms with Crippen LogP contribution in [0.4, 0.5) is 11.4 Å². The van der Waals surface area contributed by atoms with E-state index in [0.717, 1.165) is 16.8 Å². The Labute approximate surface area is 121 Å². The predicted octanol–water partition coefficient (Wildman–Crippen LogP) is 4.12. The molecule has 1 atom stereocenters. The monoisotopic (exact) mass is 291 g/mol. The number of nitro groups is 1. The molecule has 1 heterocycles. The molecular weight excluding hydrogens is 278 g/mol. The number of aryl methyl sites for hydroxylation is 1. The largest absolute Gasteiger partial charge is 0.376 e. The maximum atomic E-state index is 10.8. The summed E-state index contributed by atoms with van der Waals surface area (Å²) in [5, 5.41) is 14.4. The number of benzene rings is 1. The van der Waals surface area contributed by atoms with Crippen LogP contribution < -0.4 is 5.32 Å². The third kappa shape index (κ3) is 3.05. The SMILES string of the molecule is Cc1ccnc(Cl)c1NC(C)c1cccc([N+](=O)[O-])c1. The zero-order valence-electron chi connectivity index (χ0n) is 11.1. The normalized spacial score (nSPS) is 11.9. The van der Waals surface area contributed by atoms with E-state index in [1.165, 1.54) is 6.07 Å². The number of anilines is 1. The van der Waals surface area contributed by atoms with Gasteiger partial charge in [0.2, 0.25) is 0 Å². The Kier molecular flexibility index (Phi) is 4.20. The highest BCUT2D eigenvalue weighted by molar-refractivity contribution is 6.32. The van der Waals surface area contributed by atoms with Crippen molar-refractivity contribution in [2.24, 2.45) is 0 Å². The summed E-state index contributed by atoms with van der Waals surface area (Å²) in [7, 11) is 0. The summed E-state index contributed by atoms with van der Waals surface area (Å²) in [5.41, 5.74) is 2.61. The van der Waals surface area contributed by atoms with Crippen molar-refractivity contribution in [2.45, 2.75) is 19.9 Å². The van der Waals surface area contributed by atoms with Gasteiger partial charge in [-0.1, -0.05) is 23.7 Å². The van der Waals surface area contributed by atoms with Crippen LogP contribution in [0.15, 0.2) is 36.5 Å². The quantitative estimate of drug-likeness (QED) is 0.522. The molecule has 0 aliphatic heterocycles. The first-order valence-electron chi connectivity index (χ1n) is 6.11. The Hall–Kier alpha value is -2.14. The lowest BCUT2D eigenvalue weighted by atomic mass is 10.1. The number of non-ortho nitro benzene ring substituents is 1. The van der Waals surface area contributed by atoms with Crippen molar-refractivity contribution >= 4 is 23.0 Å². The number of hydrogen-bond acceptors (Lipinski definition) is 4. The van der Waals surface area contributed by atoms with E-state index in [1.807, 2.05) is 26.0 Å². The number of rotatable bonds is 4. The Morgan fingerprint density at radius 1 is 1.40 bits per heavy atom. The van der Waals surface area contributed by atoms with E-state index in [9.17, 15) is 10.1 Å². The smallest absolute Gasteiger partial charge is 0.269 e. The van der Waals surface area contributed by atoms with Crippen molar-refractivity contribution < 1.29 is 4.92 Å². The molecule has 0 bridgehead atoms. The van der Waals surface area contributed by atoms with Gasteiger partial charge in [-0.15, -0.1) is 0 Å². The van der Waals surface area contributed by atoms with Crippen molar-refractivity contribution in [3.63, 3.8) is 0 Å². The van der Waals surface area contributed by atoms with E-state index in [2.05, 4.69) is 10.3 Å². The molecule has 1 N–H and O–H groups in total. The summed E-state index contributed by atoms with van der Waals surface area (Å²) >= 11 is 6.06. The molecule has 1 unspecified atom stereocenters. The first kappa shape index (κ1) is 14.3. The summed E-state index contributed by atoms with van der Waals surface area (Å²) in [6.45, 7) is 3.85. The lowest BCUT2D eigenvalue weighted by Gasteiger charge is -2.17. The minimum atomic E-state index is -0.404. The van der Waals surface area contributed by atoms with Gasteiger partial charge in [0.05, 0.1) is 10.6 Å². The van der Waals surface area contributed by atoms with Crippen LogP contribution in [0.2, 0.25) is 5.15 Å². The average molecular weight is 292 g/mol. The van der Waals surface area contributed by atoms with Crippen LogP contribution in [0.3, 0.4) is 0 Å². The number of nitro benzene ring substituents is 1. The minimum Gasteiger partial charge on any atom is -0.376 e. The molecule has 0 aliphatic rings. The number of nitrogens with zero attached hydrogens (tertiary/aromatic N) is 2. The highest BCUT2D eigenvalue weighted by Crippen LogP contribution is 2.28. The van der Waals surface area contributed by atoms with E-state index in [4.69, 9.17) is 11.6 Å². The summed E-state index contributed by atoms with van der Waals surface area (Å²) in [4.78, 5) is 14.4. The topological polar surface area (TPSA) is 68.1 Å². The van der Waals surface area contributed by atoms with E-state index < -0.39 is 4.92 Å². The van der Waals surface area contributed by atoms with Crippen LogP contribution in [-0.2, 0) is 0 Å². The fourth-order valence-corrected chi connectivity index (χ4v) is 2.17. The van der Waals surface area contributed by atoms with Crippen molar-refractivity contribution in [2.75, 3.05) is 5.32 Å². The highest BCUT2D eigenvalue weighted by atomic mass is 35.5. The van der Waals surface area contributed by atoms with Crippen LogP contribution in [0.5, 0.6) is 0 Å². The molecule has 2 aromatic rings. The maximum absolute atomic E-state index is 10.8. The molecule has 6 heteroatoms. The first-order chi connectivity index (χ1) is 9.49. The van der Waals surface area contributed by atoms with Gasteiger partial charge < -0.3 is 5.32 Å². The van der Waals surface area contributed by atoms with Gasteiger partial charge in [0.1, 0.15) is 0 Å². The molecule has 0 saturated carbocycles. The zero-order chi connectivity index (χ0) is 14.7. The van der Waals surface area contributed by atoms with Crippen LogP contribution >= 0.6 is 11.6 Å². The van der Waals surface area contributed by atoms with Gasteiger partial charge in [-0.25, -0.2) is 4.98 Å². The van der Waals surface area contributed by atoms with E-state index in [-0.39, 0.29) is 11.7 Å². The van der Waals surface area contributed by atoms with Gasteiger partial charge in [-0.2, -0.15) is 0 Å². The van der Waals surface area contributed by atoms with Crippen molar-refractivity contribution in [3.8, 4) is 0 Å². The first-order valence-corrected chi connectivity index (χ1v) is 6.49. The van der Waals surface area contributed by atoms with Crippen molar-refractivity contribution in [1.29, 1.82) is 0 Å². The van der Waals surface area contributed by atoms with Gasteiger partial charge in [0, 0.05) is 24.4 Å². The number of hydrogen-bond donors (Lipinski definition) is 1. The Balaban J connectivity index is 2.26. The summed E-state index contributed by atoms with van der Waals surface area (Å²) in [5.74, 6) is 0. The molecular formula is C14H14ClN3O2. The number of aromatic nitrogens is 1. The fourth-order valence-electron chi connectivity index (χ4n) is 1.91. The number of nitrogens with one attached hydrogen (secondary N) is 1. The predicted molar refractivity (Wildman–Crippen MR) is 79.1 cm³/mol. The zero-order valence-corrected chi connectivity index (χ0v) is 11.9. The average Bonchev–Trinajstić information content (AvgIpc) is 2.43. The minimum absolute atomic E-state index is 0.0742. The molecule has 1 aromatic carbocycles. The third-order valence-electron chi connectivity index (χ3n) is 3.05. The van der Waals surface area contributed by atoms with Crippen LogP contribution in [0.25, 0.3) is 0 Å². The van der Waals surface area contributed by atoms with E-state index in [0.29, 0.717) is 5.15 Å². The molecule has 20 heavy (non-hydrogen) atoms. The molecule has 0 saturated heterocycles. The van der Waals surface area contributed by atoms with Gasteiger partial charge in [0.25, 0.3) is 5.69 Å². The Bertz CT molecular complexity index is 626. The number of halogens is 1. The van der Waals surface area contributed by atoms with E-state index in [1.54, 1.807) is 18.3 Å². The Morgan fingerprint density at radius 2 is 2.15 bits per heavy atom. The second-order valence-corrected chi connectivity index (χ2v) is 4.87. The summed E-state index contributed by atoms with van der Waals surface area (Å²) in [6, 6.07) is 8.27. The molecule has 0 spiro atoms. The Morgan fingerprint density at radius 3 is 2.80 bits per heavy atom. The van der Waals surface area contributed by atoms with Crippen LogP contribution in [0, 0.1) is 17.0 Å². The molecule has 5 nitrogen and oxygen atoms in total. The fraction of sp³-hybridized carbons (Fsp3) is 0.214. The van der Waals surface area contributed by atoms with Crippen molar-refractivity contribution in [1.82, 2.24) is 4.98 Å². The molecule has 0 radical (unpaired) electrons. The molecule has 104 valence electrons. The van der Waals surface area contributed by atoms with Crippen molar-refractivity contribution in [3.05, 3.63) is 62.9 Å². The van der Waals surface area contributed by atoms with Crippen LogP contribution in [-0.4, -0.2) is 9.91 Å². The van der Waals surface area contributed by atoms with Crippen LogP contribution in [0.1, 0.15) is 24.1 Å². The maximum Gasteiger partial charge on any atom is 0.269 e. The second-order valence-electron chi connectivity index (χ2n) is 4.51. The van der Waals surface area contributed by atoms with Gasteiger partial charge in [-0.05, 0) is 31.0 Å². The summed E-state index contributed by atoms with van der Waals surface area (Å²) < 4.78 is 0. The lowest BCUT2D eigenvalue weighted by molar-refractivity contribution is -0.384. The second kappa shape index (κ2) is 5.88. The van der Waals surface area contributed by atoms with Gasteiger partial charge in [0.15, 0.2) is 5.15 Å². The molecule has 2 rings (SSSR count). The van der Waals surface area contributed by atoms with Gasteiger partial charge in [-0.3, -0.25) is 10.1 Å². The van der Waals surface area contributed by atoms with Gasteiger partial charge >= 0.3 is 0 Å². The molecule has 0 fully saturated rings. The lowest BCUT2D eigenvalue weighted by Crippen LogP contribution is -2.09. The molecule has 0 aliphatic carbocycles. The highest BCUT2D eigenvalue weighted by Gasteiger charge is 2.13. The molecule has 1 aromatic heterocycles. The molecule has 0 amide bonds. The van der Waals surface area contributed by atoms with E-state index >= 15 is 0 Å². The third-order valence-corrected chi connectivity index (χ3v) is 3.34.